The van der Waals surface area contributed by atoms with Gasteiger partial charge >= 0.3 is 5.69 Å². The highest BCUT2D eigenvalue weighted by atomic mass is 16.6. The Kier molecular flexibility index (Phi) is 6.67. The second-order valence-corrected chi connectivity index (χ2v) is 4.08. The fourth-order valence-corrected chi connectivity index (χ4v) is 1.64. The third kappa shape index (κ3) is 5.13. The average molecular weight is 269 g/mol. The van der Waals surface area contributed by atoms with Crippen LogP contribution in [-0.2, 0) is 0 Å². The number of hydrogen-bond acceptors (Lipinski definition) is 5. The number of hydrogen-bond donors (Lipinski definition) is 1. The van der Waals surface area contributed by atoms with Crippen molar-refractivity contribution in [3.63, 3.8) is 0 Å². The number of benzene rings is 1. The number of aliphatic hydroxyl groups is 1. The van der Waals surface area contributed by atoms with Crippen LogP contribution in [0.25, 0.3) is 0 Å². The van der Waals surface area contributed by atoms with Crippen molar-refractivity contribution in [2.24, 2.45) is 0 Å². The lowest BCUT2D eigenvalue weighted by Crippen LogP contribution is -2.01. The number of rotatable bonds is 9. The lowest BCUT2D eigenvalue weighted by Gasteiger charge is -2.07. The molecule has 0 atom stereocenters. The Hall–Kier alpha value is -1.82. The molecule has 0 radical (unpaired) electrons. The summed E-state index contributed by atoms with van der Waals surface area (Å²) in [4.78, 5) is 10.4. The van der Waals surface area contributed by atoms with Crippen molar-refractivity contribution in [1.82, 2.24) is 0 Å². The smallest absolute Gasteiger partial charge is 0.314 e. The van der Waals surface area contributed by atoms with E-state index in [1.54, 1.807) is 12.1 Å². The Morgan fingerprint density at radius 2 is 2.00 bits per heavy atom. The second-order valence-electron chi connectivity index (χ2n) is 4.08. The van der Waals surface area contributed by atoms with E-state index in [0.717, 1.165) is 25.7 Å². The van der Waals surface area contributed by atoms with Gasteiger partial charge in [-0.3, -0.25) is 10.1 Å². The summed E-state index contributed by atoms with van der Waals surface area (Å²) in [5, 5.41) is 19.5. The van der Waals surface area contributed by atoms with E-state index in [1.807, 2.05) is 0 Å². The molecule has 0 amide bonds. The van der Waals surface area contributed by atoms with Gasteiger partial charge in [0.15, 0.2) is 5.75 Å². The third-order valence-electron chi connectivity index (χ3n) is 2.67. The summed E-state index contributed by atoms with van der Waals surface area (Å²) in [7, 11) is 1.46. The first-order chi connectivity index (χ1) is 9.19. The van der Waals surface area contributed by atoms with Gasteiger partial charge in [-0.25, -0.2) is 0 Å². The minimum Gasteiger partial charge on any atom is -0.496 e. The SMILES string of the molecule is COc1ccc(OCCCCCCO)c([N+](=O)[O-])c1. The number of unbranched alkanes of at least 4 members (excludes halogenated alkanes) is 3. The summed E-state index contributed by atoms with van der Waals surface area (Å²) in [5.41, 5.74) is -0.0882. The molecule has 0 aromatic heterocycles. The normalized spacial score (nSPS) is 10.2. The van der Waals surface area contributed by atoms with Crippen molar-refractivity contribution in [2.75, 3.05) is 20.3 Å². The van der Waals surface area contributed by atoms with Gasteiger partial charge in [0, 0.05) is 6.61 Å². The first-order valence-corrected chi connectivity index (χ1v) is 6.25. The molecule has 0 fully saturated rings. The van der Waals surface area contributed by atoms with E-state index in [4.69, 9.17) is 14.6 Å². The Morgan fingerprint density at radius 3 is 2.63 bits per heavy atom. The lowest BCUT2D eigenvalue weighted by atomic mass is 10.2. The van der Waals surface area contributed by atoms with Gasteiger partial charge in [0.05, 0.1) is 24.7 Å². The van der Waals surface area contributed by atoms with Crippen molar-refractivity contribution in [1.29, 1.82) is 0 Å². The first kappa shape index (κ1) is 15.2. The van der Waals surface area contributed by atoms with Gasteiger partial charge in [-0.1, -0.05) is 6.42 Å². The minimum absolute atomic E-state index is 0.0882. The van der Waals surface area contributed by atoms with E-state index in [9.17, 15) is 10.1 Å². The van der Waals surface area contributed by atoms with Crippen LogP contribution in [0.2, 0.25) is 0 Å². The Morgan fingerprint density at radius 1 is 1.26 bits per heavy atom. The standard InChI is InChI=1S/C13H19NO5/c1-18-11-6-7-13(12(10-11)14(16)17)19-9-5-3-2-4-8-15/h6-7,10,15H,2-5,8-9H2,1H3. The molecule has 0 heterocycles. The zero-order valence-corrected chi connectivity index (χ0v) is 11.0. The molecule has 0 spiro atoms. The number of methoxy groups -OCH3 is 1. The van der Waals surface area contributed by atoms with Crippen LogP contribution in [0, 0.1) is 10.1 Å². The molecule has 19 heavy (non-hydrogen) atoms. The number of aliphatic hydroxyl groups excluding tert-OH is 1. The second kappa shape index (κ2) is 8.31. The van der Waals surface area contributed by atoms with Crippen molar-refractivity contribution < 1.29 is 19.5 Å². The molecule has 0 aliphatic rings. The summed E-state index contributed by atoms with van der Waals surface area (Å²) < 4.78 is 10.4. The number of nitro groups is 1. The molecule has 1 rings (SSSR count). The van der Waals surface area contributed by atoms with E-state index in [2.05, 4.69) is 0 Å². The number of nitro benzene ring substituents is 1. The van der Waals surface area contributed by atoms with Crippen LogP contribution >= 0.6 is 0 Å². The Bertz CT molecular complexity index is 408. The van der Waals surface area contributed by atoms with E-state index >= 15 is 0 Å². The van der Waals surface area contributed by atoms with Gasteiger partial charge in [-0.05, 0) is 31.4 Å². The summed E-state index contributed by atoms with van der Waals surface area (Å²) >= 11 is 0. The van der Waals surface area contributed by atoms with Gasteiger partial charge in [0.25, 0.3) is 0 Å². The molecule has 0 saturated carbocycles. The molecule has 1 aromatic carbocycles. The highest BCUT2D eigenvalue weighted by Gasteiger charge is 2.16. The van der Waals surface area contributed by atoms with Gasteiger partial charge in [0.1, 0.15) is 5.75 Å². The summed E-state index contributed by atoms with van der Waals surface area (Å²) in [6.45, 7) is 0.628. The van der Waals surface area contributed by atoms with Crippen LogP contribution < -0.4 is 9.47 Å². The summed E-state index contributed by atoms with van der Waals surface area (Å²) in [5.74, 6) is 0.690. The first-order valence-electron chi connectivity index (χ1n) is 6.25. The van der Waals surface area contributed by atoms with Gasteiger partial charge in [0.2, 0.25) is 0 Å². The highest BCUT2D eigenvalue weighted by molar-refractivity contribution is 5.50. The van der Waals surface area contributed by atoms with Crippen molar-refractivity contribution in [3.8, 4) is 11.5 Å². The molecule has 6 nitrogen and oxygen atoms in total. The van der Waals surface area contributed by atoms with Crippen molar-refractivity contribution >= 4 is 5.69 Å². The van der Waals surface area contributed by atoms with E-state index in [0.29, 0.717) is 12.4 Å². The predicted molar refractivity (Wildman–Crippen MR) is 70.7 cm³/mol. The van der Waals surface area contributed by atoms with Crippen LogP contribution in [0.3, 0.4) is 0 Å². The molecular weight excluding hydrogens is 250 g/mol. The van der Waals surface area contributed by atoms with Crippen LogP contribution in [0.1, 0.15) is 25.7 Å². The monoisotopic (exact) mass is 269 g/mol. The lowest BCUT2D eigenvalue weighted by molar-refractivity contribution is -0.385. The summed E-state index contributed by atoms with van der Waals surface area (Å²) in [6, 6.07) is 4.53. The van der Waals surface area contributed by atoms with Crippen LogP contribution in [0.15, 0.2) is 18.2 Å². The zero-order chi connectivity index (χ0) is 14.1. The van der Waals surface area contributed by atoms with Crippen LogP contribution in [0.5, 0.6) is 11.5 Å². The number of ether oxygens (including phenoxy) is 2. The van der Waals surface area contributed by atoms with E-state index in [1.165, 1.54) is 13.2 Å². The molecule has 0 aliphatic heterocycles. The molecule has 6 heteroatoms. The van der Waals surface area contributed by atoms with Crippen LogP contribution in [0.4, 0.5) is 5.69 Å². The molecule has 0 bridgehead atoms. The molecule has 0 saturated heterocycles. The molecule has 106 valence electrons. The maximum Gasteiger partial charge on any atom is 0.314 e. The molecule has 0 aliphatic carbocycles. The fourth-order valence-electron chi connectivity index (χ4n) is 1.64. The molecular formula is C13H19NO5. The van der Waals surface area contributed by atoms with Gasteiger partial charge in [-0.2, -0.15) is 0 Å². The number of nitrogens with zero attached hydrogens (tertiary/aromatic N) is 1. The van der Waals surface area contributed by atoms with Gasteiger partial charge < -0.3 is 14.6 Å². The third-order valence-corrected chi connectivity index (χ3v) is 2.67. The average Bonchev–Trinajstić information content (AvgIpc) is 2.42. The topological polar surface area (TPSA) is 81.8 Å². The van der Waals surface area contributed by atoms with Crippen molar-refractivity contribution in [3.05, 3.63) is 28.3 Å². The Labute approximate surface area is 112 Å². The maximum atomic E-state index is 10.9. The predicted octanol–water partition coefficient (Wildman–Crippen LogP) is 2.53. The molecule has 0 unspecified atom stereocenters. The summed E-state index contributed by atoms with van der Waals surface area (Å²) in [6.07, 6.45) is 3.46. The van der Waals surface area contributed by atoms with Crippen molar-refractivity contribution in [2.45, 2.75) is 25.7 Å². The molecule has 1 aromatic rings. The van der Waals surface area contributed by atoms with E-state index < -0.39 is 4.92 Å². The minimum atomic E-state index is -0.483. The quantitative estimate of drug-likeness (QED) is 0.423. The van der Waals surface area contributed by atoms with E-state index in [-0.39, 0.29) is 18.0 Å². The van der Waals surface area contributed by atoms with Crippen LogP contribution in [-0.4, -0.2) is 30.4 Å². The Balaban J connectivity index is 2.50. The molecule has 1 N–H and O–H groups in total. The zero-order valence-electron chi connectivity index (χ0n) is 11.0. The highest BCUT2D eigenvalue weighted by Crippen LogP contribution is 2.31. The largest absolute Gasteiger partial charge is 0.496 e. The fraction of sp³-hybridized carbons (Fsp3) is 0.538. The van der Waals surface area contributed by atoms with Gasteiger partial charge in [-0.15, -0.1) is 0 Å². The maximum absolute atomic E-state index is 10.9.